The molecule has 0 aromatic heterocycles. The van der Waals surface area contributed by atoms with Crippen LogP contribution in [-0.4, -0.2) is 22.2 Å². The van der Waals surface area contributed by atoms with Gasteiger partial charge in [0.15, 0.2) is 0 Å². The summed E-state index contributed by atoms with van der Waals surface area (Å²) in [6, 6.07) is 6.63. The maximum absolute atomic E-state index is 11.2. The van der Waals surface area contributed by atoms with Crippen molar-refractivity contribution in [2.75, 3.05) is 0 Å². The van der Waals surface area contributed by atoms with Gasteiger partial charge in [0.1, 0.15) is 0 Å². The number of hydrogen-bond acceptors (Lipinski definition) is 2. The normalized spacial score (nSPS) is 15.1. The van der Waals surface area contributed by atoms with Crippen molar-refractivity contribution >= 4 is 11.9 Å². The van der Waals surface area contributed by atoms with E-state index in [0.717, 1.165) is 77.0 Å². The van der Waals surface area contributed by atoms with Crippen LogP contribution in [0.15, 0.2) is 18.2 Å². The maximum Gasteiger partial charge on any atom is 0.309 e. The lowest BCUT2D eigenvalue weighted by Gasteiger charge is -2.18. The van der Waals surface area contributed by atoms with Crippen molar-refractivity contribution in [3.05, 3.63) is 34.9 Å². The Balaban J connectivity index is 1.66. The number of carboxylic acid groups (broad SMARTS) is 2. The molecule has 0 aliphatic heterocycles. The van der Waals surface area contributed by atoms with Crippen molar-refractivity contribution < 1.29 is 19.8 Å². The number of carbonyl (C=O) groups is 2. The Morgan fingerprint density at radius 2 is 1.52 bits per heavy atom. The fraction of sp³-hybridized carbons (Fsp3) is 0.704. The first-order valence-electron chi connectivity index (χ1n) is 12.2. The standard InChI is InChI=1S/C27H42O4/c1-21-13-12-15-22(14-8-4-7-11-18-27(19-20-27)25(30)31)23(21)16-9-5-6-10-17-26(2,3)24(28)29/h12-13,15H,4-11,14,16-20H2,1-3H3,(H,28,29)(H,30,31). The second-order valence-corrected chi connectivity index (χ2v) is 10.3. The Morgan fingerprint density at radius 3 is 2.13 bits per heavy atom. The number of hydrogen-bond donors (Lipinski definition) is 2. The van der Waals surface area contributed by atoms with E-state index in [1.807, 2.05) is 13.8 Å². The molecule has 0 atom stereocenters. The molecule has 1 aliphatic rings. The van der Waals surface area contributed by atoms with Gasteiger partial charge in [0.05, 0.1) is 10.8 Å². The van der Waals surface area contributed by atoms with E-state index < -0.39 is 17.4 Å². The molecule has 1 aromatic rings. The van der Waals surface area contributed by atoms with Crippen LogP contribution in [0.25, 0.3) is 0 Å². The first-order chi connectivity index (χ1) is 14.7. The zero-order valence-electron chi connectivity index (χ0n) is 19.8. The van der Waals surface area contributed by atoms with Gasteiger partial charge in [0, 0.05) is 0 Å². The molecule has 174 valence electrons. The van der Waals surface area contributed by atoms with Crippen LogP contribution in [-0.2, 0) is 22.4 Å². The SMILES string of the molecule is Cc1cccc(CCCCCCC2(C(=O)O)CC2)c1CCCCCCC(C)(C)C(=O)O. The number of rotatable bonds is 16. The Bertz CT molecular complexity index is 731. The lowest BCUT2D eigenvalue weighted by Crippen LogP contribution is -2.23. The Hall–Kier alpha value is -1.84. The zero-order chi connectivity index (χ0) is 22.9. The first-order valence-corrected chi connectivity index (χ1v) is 12.2. The molecule has 1 saturated carbocycles. The van der Waals surface area contributed by atoms with Gasteiger partial charge in [0.25, 0.3) is 0 Å². The van der Waals surface area contributed by atoms with Crippen LogP contribution in [0.5, 0.6) is 0 Å². The molecule has 0 unspecified atom stereocenters. The highest BCUT2D eigenvalue weighted by molar-refractivity contribution is 5.77. The first kappa shape index (κ1) is 25.4. The highest BCUT2D eigenvalue weighted by Gasteiger charge is 2.49. The van der Waals surface area contributed by atoms with Gasteiger partial charge in [-0.1, -0.05) is 56.7 Å². The fourth-order valence-electron chi connectivity index (χ4n) is 4.54. The topological polar surface area (TPSA) is 74.6 Å². The van der Waals surface area contributed by atoms with Gasteiger partial charge in [-0.15, -0.1) is 0 Å². The van der Waals surface area contributed by atoms with Crippen LogP contribution in [0.3, 0.4) is 0 Å². The molecule has 4 nitrogen and oxygen atoms in total. The Morgan fingerprint density at radius 1 is 0.903 bits per heavy atom. The Kier molecular flexibility index (Phi) is 9.58. The van der Waals surface area contributed by atoms with Gasteiger partial charge < -0.3 is 10.2 Å². The quantitative estimate of drug-likeness (QED) is 0.278. The number of unbranched alkanes of at least 4 members (excludes halogenated alkanes) is 6. The summed E-state index contributed by atoms with van der Waals surface area (Å²) >= 11 is 0. The van der Waals surface area contributed by atoms with Crippen LogP contribution in [0.1, 0.15) is 108 Å². The van der Waals surface area contributed by atoms with Crippen molar-refractivity contribution in [3.8, 4) is 0 Å². The molecular weight excluding hydrogens is 388 g/mol. The minimum absolute atomic E-state index is 0.368. The summed E-state index contributed by atoms with van der Waals surface area (Å²) in [7, 11) is 0. The highest BCUT2D eigenvalue weighted by atomic mass is 16.4. The van der Waals surface area contributed by atoms with Crippen molar-refractivity contribution in [2.24, 2.45) is 10.8 Å². The van der Waals surface area contributed by atoms with Gasteiger partial charge in [-0.05, 0) is 88.8 Å². The fourth-order valence-corrected chi connectivity index (χ4v) is 4.54. The molecule has 31 heavy (non-hydrogen) atoms. The van der Waals surface area contributed by atoms with E-state index >= 15 is 0 Å². The van der Waals surface area contributed by atoms with Crippen LogP contribution < -0.4 is 0 Å². The molecule has 1 aromatic carbocycles. The molecule has 1 aliphatic carbocycles. The largest absolute Gasteiger partial charge is 0.481 e. The van der Waals surface area contributed by atoms with Gasteiger partial charge in [-0.25, -0.2) is 0 Å². The van der Waals surface area contributed by atoms with E-state index in [9.17, 15) is 19.8 Å². The zero-order valence-corrected chi connectivity index (χ0v) is 19.8. The molecule has 0 heterocycles. The van der Waals surface area contributed by atoms with Gasteiger partial charge >= 0.3 is 11.9 Å². The smallest absolute Gasteiger partial charge is 0.309 e. The monoisotopic (exact) mass is 430 g/mol. The molecule has 0 saturated heterocycles. The number of benzene rings is 1. The molecule has 4 heteroatoms. The summed E-state index contributed by atoms with van der Waals surface area (Å²) in [6.07, 6.45) is 14.4. The summed E-state index contributed by atoms with van der Waals surface area (Å²) in [5.74, 6) is -1.30. The van der Waals surface area contributed by atoms with E-state index in [0.29, 0.717) is 0 Å². The van der Waals surface area contributed by atoms with Crippen LogP contribution in [0.4, 0.5) is 0 Å². The van der Waals surface area contributed by atoms with E-state index in [1.165, 1.54) is 29.5 Å². The number of aryl methyl sites for hydroxylation is 2. The third-order valence-electron chi connectivity index (χ3n) is 7.22. The Labute approximate surface area is 188 Å². The molecule has 0 amide bonds. The second-order valence-electron chi connectivity index (χ2n) is 10.3. The molecule has 0 radical (unpaired) electrons. The summed E-state index contributed by atoms with van der Waals surface area (Å²) in [5, 5.41) is 18.5. The highest BCUT2D eigenvalue weighted by Crippen LogP contribution is 2.50. The van der Waals surface area contributed by atoms with Crippen LogP contribution >= 0.6 is 0 Å². The summed E-state index contributed by atoms with van der Waals surface area (Å²) in [5.41, 5.74) is 3.36. The van der Waals surface area contributed by atoms with E-state index in [-0.39, 0.29) is 5.41 Å². The summed E-state index contributed by atoms with van der Waals surface area (Å²) < 4.78 is 0. The molecule has 0 bridgehead atoms. The predicted molar refractivity (Wildman–Crippen MR) is 125 cm³/mol. The lowest BCUT2D eigenvalue weighted by atomic mass is 9.87. The van der Waals surface area contributed by atoms with E-state index in [2.05, 4.69) is 25.1 Å². The third-order valence-corrected chi connectivity index (χ3v) is 7.22. The summed E-state index contributed by atoms with van der Waals surface area (Å²) in [6.45, 7) is 5.82. The average Bonchev–Trinajstić information content (AvgIpc) is 3.50. The van der Waals surface area contributed by atoms with Crippen LogP contribution in [0, 0.1) is 17.8 Å². The van der Waals surface area contributed by atoms with Crippen molar-refractivity contribution in [3.63, 3.8) is 0 Å². The molecule has 2 rings (SSSR count). The van der Waals surface area contributed by atoms with Gasteiger partial charge in [-0.3, -0.25) is 9.59 Å². The number of aliphatic carboxylic acids is 2. The molecule has 1 fully saturated rings. The summed E-state index contributed by atoms with van der Waals surface area (Å²) in [4.78, 5) is 22.4. The predicted octanol–water partition coefficient (Wildman–Crippen LogP) is 6.96. The van der Waals surface area contributed by atoms with Crippen molar-refractivity contribution in [2.45, 2.75) is 111 Å². The molecule has 0 spiro atoms. The molecule has 2 N–H and O–H groups in total. The number of carboxylic acids is 2. The minimum atomic E-state index is -0.703. The lowest BCUT2D eigenvalue weighted by molar-refractivity contribution is -0.147. The average molecular weight is 431 g/mol. The van der Waals surface area contributed by atoms with Gasteiger partial charge in [0.2, 0.25) is 0 Å². The van der Waals surface area contributed by atoms with E-state index in [1.54, 1.807) is 0 Å². The van der Waals surface area contributed by atoms with E-state index in [4.69, 9.17) is 0 Å². The van der Waals surface area contributed by atoms with Crippen molar-refractivity contribution in [1.82, 2.24) is 0 Å². The van der Waals surface area contributed by atoms with Gasteiger partial charge in [-0.2, -0.15) is 0 Å². The molecular formula is C27H42O4. The second kappa shape index (κ2) is 11.7. The minimum Gasteiger partial charge on any atom is -0.481 e. The van der Waals surface area contributed by atoms with Crippen molar-refractivity contribution in [1.29, 1.82) is 0 Å². The maximum atomic E-state index is 11.2. The third kappa shape index (κ3) is 7.97. The van der Waals surface area contributed by atoms with Crippen LogP contribution in [0.2, 0.25) is 0 Å².